The maximum absolute atomic E-state index is 11.9. The lowest BCUT2D eigenvalue weighted by atomic mass is 10.2. The summed E-state index contributed by atoms with van der Waals surface area (Å²) in [6, 6.07) is 13.6. The summed E-state index contributed by atoms with van der Waals surface area (Å²) in [4.78, 5) is 24.8. The van der Waals surface area contributed by atoms with E-state index >= 15 is 0 Å². The van der Waals surface area contributed by atoms with Crippen LogP contribution in [0.2, 0.25) is 5.02 Å². The summed E-state index contributed by atoms with van der Waals surface area (Å²) in [5.74, 6) is -0.110. The molecule has 0 saturated heterocycles. The molecule has 10 heteroatoms. The van der Waals surface area contributed by atoms with Crippen LogP contribution in [0.4, 0.5) is 5.69 Å². The fraction of sp³-hybridized carbons (Fsp3) is 0.167. The van der Waals surface area contributed by atoms with E-state index in [1.165, 1.54) is 0 Å². The average Bonchev–Trinajstić information content (AvgIpc) is 3.16. The maximum atomic E-state index is 11.9. The van der Waals surface area contributed by atoms with Crippen LogP contribution >= 0.6 is 11.6 Å². The average molecular weight is 402 g/mol. The van der Waals surface area contributed by atoms with Gasteiger partial charge in [0.15, 0.2) is 13.2 Å². The van der Waals surface area contributed by atoms with E-state index in [-0.39, 0.29) is 6.54 Å². The van der Waals surface area contributed by atoms with Gasteiger partial charge in [-0.1, -0.05) is 11.6 Å². The standard InChI is InChI=1S/C18H16ClN5O4/c1-27-15-8-6-14(7-9-15)20-16(25)11-28-17(26)10-24-22-18(21-23-24)12-2-4-13(19)5-3-12/h2-9H,10-11H2,1H3,(H,20,25). The van der Waals surface area contributed by atoms with Gasteiger partial charge in [-0.2, -0.15) is 4.80 Å². The number of hydrogen-bond acceptors (Lipinski definition) is 7. The number of tetrazole rings is 1. The van der Waals surface area contributed by atoms with Crippen LogP contribution < -0.4 is 10.1 Å². The molecule has 0 aliphatic carbocycles. The summed E-state index contributed by atoms with van der Waals surface area (Å²) in [5.41, 5.74) is 1.27. The van der Waals surface area contributed by atoms with Crippen LogP contribution in [0.15, 0.2) is 48.5 Å². The van der Waals surface area contributed by atoms with Crippen molar-refractivity contribution < 1.29 is 19.1 Å². The Hall–Kier alpha value is -3.46. The molecule has 0 spiro atoms. The summed E-state index contributed by atoms with van der Waals surface area (Å²) in [7, 11) is 1.55. The quantitative estimate of drug-likeness (QED) is 0.604. The fourth-order valence-corrected chi connectivity index (χ4v) is 2.33. The predicted octanol–water partition coefficient (Wildman–Crippen LogP) is 2.18. The maximum Gasteiger partial charge on any atom is 0.330 e. The van der Waals surface area contributed by atoms with Crippen LogP contribution in [0.25, 0.3) is 11.4 Å². The number of carbonyl (C=O) groups excluding carboxylic acids is 2. The number of nitrogens with zero attached hydrogens (tertiary/aromatic N) is 4. The molecule has 0 radical (unpaired) electrons. The van der Waals surface area contributed by atoms with Crippen LogP contribution in [0, 0.1) is 0 Å². The van der Waals surface area contributed by atoms with Crippen LogP contribution in [0.1, 0.15) is 0 Å². The number of aromatic nitrogens is 4. The van der Waals surface area contributed by atoms with Crippen molar-refractivity contribution in [2.24, 2.45) is 0 Å². The van der Waals surface area contributed by atoms with Gasteiger partial charge in [-0.15, -0.1) is 10.2 Å². The highest BCUT2D eigenvalue weighted by Gasteiger charge is 2.12. The Bertz CT molecular complexity index is 957. The number of benzene rings is 2. The molecule has 0 aliphatic rings. The van der Waals surface area contributed by atoms with Crippen molar-refractivity contribution in [1.29, 1.82) is 0 Å². The lowest BCUT2D eigenvalue weighted by Gasteiger charge is -2.07. The number of amides is 1. The molecule has 3 aromatic rings. The first-order chi connectivity index (χ1) is 13.5. The van der Waals surface area contributed by atoms with Crippen LogP contribution in [0.5, 0.6) is 5.75 Å². The van der Waals surface area contributed by atoms with Crippen molar-refractivity contribution in [3.05, 3.63) is 53.6 Å². The fourth-order valence-electron chi connectivity index (χ4n) is 2.20. The number of anilines is 1. The van der Waals surface area contributed by atoms with Crippen molar-refractivity contribution in [2.45, 2.75) is 6.54 Å². The van der Waals surface area contributed by atoms with Crippen molar-refractivity contribution in [3.63, 3.8) is 0 Å². The Morgan fingerprint density at radius 2 is 1.82 bits per heavy atom. The monoisotopic (exact) mass is 401 g/mol. The molecule has 0 aliphatic heterocycles. The second-order valence-corrected chi connectivity index (χ2v) is 6.02. The molecule has 0 fully saturated rings. The molecular formula is C18H16ClN5O4. The molecule has 3 rings (SSSR count). The first-order valence-electron chi connectivity index (χ1n) is 8.17. The number of ether oxygens (including phenoxy) is 2. The summed E-state index contributed by atoms with van der Waals surface area (Å²) >= 11 is 5.84. The molecule has 2 aromatic carbocycles. The molecule has 1 aromatic heterocycles. The second-order valence-electron chi connectivity index (χ2n) is 5.59. The number of hydrogen-bond donors (Lipinski definition) is 1. The van der Waals surface area contributed by atoms with Gasteiger partial charge in [-0.05, 0) is 53.7 Å². The molecule has 0 saturated carbocycles. The number of esters is 1. The van der Waals surface area contributed by atoms with Gasteiger partial charge in [0.05, 0.1) is 7.11 Å². The molecule has 9 nitrogen and oxygen atoms in total. The Labute approximate surface area is 165 Å². The number of methoxy groups -OCH3 is 1. The van der Waals surface area contributed by atoms with E-state index in [1.807, 2.05) is 0 Å². The Morgan fingerprint density at radius 1 is 1.11 bits per heavy atom. The van der Waals surface area contributed by atoms with Gasteiger partial charge in [0, 0.05) is 16.3 Å². The predicted molar refractivity (Wildman–Crippen MR) is 101 cm³/mol. The third-order valence-corrected chi connectivity index (χ3v) is 3.82. The molecular weight excluding hydrogens is 386 g/mol. The minimum Gasteiger partial charge on any atom is -0.497 e. The van der Waals surface area contributed by atoms with E-state index in [1.54, 1.807) is 55.6 Å². The van der Waals surface area contributed by atoms with Gasteiger partial charge in [0.1, 0.15) is 5.75 Å². The lowest BCUT2D eigenvalue weighted by Crippen LogP contribution is -2.23. The first-order valence-corrected chi connectivity index (χ1v) is 8.54. The van der Waals surface area contributed by atoms with Crippen molar-refractivity contribution in [3.8, 4) is 17.1 Å². The molecule has 0 bridgehead atoms. The smallest absolute Gasteiger partial charge is 0.330 e. The van der Waals surface area contributed by atoms with Gasteiger partial charge < -0.3 is 14.8 Å². The van der Waals surface area contributed by atoms with E-state index in [0.717, 1.165) is 4.80 Å². The SMILES string of the molecule is COc1ccc(NC(=O)COC(=O)Cn2nnc(-c3ccc(Cl)cc3)n2)cc1. The molecule has 28 heavy (non-hydrogen) atoms. The highest BCUT2D eigenvalue weighted by atomic mass is 35.5. The van der Waals surface area contributed by atoms with Crippen molar-refractivity contribution in [1.82, 2.24) is 20.2 Å². The highest BCUT2D eigenvalue weighted by Crippen LogP contribution is 2.17. The van der Waals surface area contributed by atoms with E-state index < -0.39 is 18.5 Å². The summed E-state index contributed by atoms with van der Waals surface area (Å²) in [6.45, 7) is -0.694. The zero-order valence-electron chi connectivity index (χ0n) is 14.8. The molecule has 1 heterocycles. The summed E-state index contributed by atoms with van der Waals surface area (Å²) < 4.78 is 9.97. The third-order valence-electron chi connectivity index (χ3n) is 3.56. The van der Waals surface area contributed by atoms with Crippen LogP contribution in [-0.4, -0.2) is 45.8 Å². The largest absolute Gasteiger partial charge is 0.497 e. The van der Waals surface area contributed by atoms with Crippen LogP contribution in [-0.2, 0) is 20.9 Å². The molecule has 0 atom stereocenters. The number of nitrogens with one attached hydrogen (secondary N) is 1. The Morgan fingerprint density at radius 3 is 2.50 bits per heavy atom. The number of rotatable bonds is 7. The normalized spacial score (nSPS) is 10.4. The van der Waals surface area contributed by atoms with E-state index in [2.05, 4.69) is 20.7 Å². The van der Waals surface area contributed by atoms with E-state index in [4.69, 9.17) is 21.1 Å². The zero-order valence-corrected chi connectivity index (χ0v) is 15.6. The molecule has 0 unspecified atom stereocenters. The van der Waals surface area contributed by atoms with E-state index in [0.29, 0.717) is 27.8 Å². The number of halogens is 1. The van der Waals surface area contributed by atoms with E-state index in [9.17, 15) is 9.59 Å². The van der Waals surface area contributed by atoms with Gasteiger partial charge in [-0.3, -0.25) is 4.79 Å². The lowest BCUT2D eigenvalue weighted by molar-refractivity contribution is -0.148. The Balaban J connectivity index is 1.47. The summed E-state index contributed by atoms with van der Waals surface area (Å²) in [5, 5.41) is 15.0. The molecule has 1 amide bonds. The minimum absolute atomic E-state index is 0.267. The zero-order chi connectivity index (χ0) is 19.9. The van der Waals surface area contributed by atoms with Gasteiger partial charge in [-0.25, -0.2) is 4.79 Å². The van der Waals surface area contributed by atoms with Crippen LogP contribution in [0.3, 0.4) is 0 Å². The second kappa shape index (κ2) is 8.96. The molecule has 144 valence electrons. The summed E-state index contributed by atoms with van der Waals surface area (Å²) in [6.07, 6.45) is 0. The highest BCUT2D eigenvalue weighted by molar-refractivity contribution is 6.30. The van der Waals surface area contributed by atoms with Gasteiger partial charge in [0.2, 0.25) is 5.82 Å². The minimum atomic E-state index is -0.662. The Kier molecular flexibility index (Phi) is 6.18. The van der Waals surface area contributed by atoms with Gasteiger partial charge in [0.25, 0.3) is 5.91 Å². The van der Waals surface area contributed by atoms with Crippen molar-refractivity contribution >= 4 is 29.2 Å². The topological polar surface area (TPSA) is 108 Å². The first kappa shape index (κ1) is 19.3. The van der Waals surface area contributed by atoms with Gasteiger partial charge >= 0.3 is 5.97 Å². The van der Waals surface area contributed by atoms with Crippen molar-refractivity contribution in [2.75, 3.05) is 19.0 Å². The molecule has 1 N–H and O–H groups in total. The number of carbonyl (C=O) groups is 2. The third kappa shape index (κ3) is 5.27.